The van der Waals surface area contributed by atoms with E-state index in [1.807, 2.05) is 0 Å². The lowest BCUT2D eigenvalue weighted by molar-refractivity contribution is -0.183. The van der Waals surface area contributed by atoms with Gasteiger partial charge >= 0.3 is 12.1 Å². The fourth-order valence-electron chi connectivity index (χ4n) is 3.10. The molecular formula is C18H23F2NO4. The summed E-state index contributed by atoms with van der Waals surface area (Å²) in [5.41, 5.74) is -2.28. The first-order valence-corrected chi connectivity index (χ1v) is 8.11. The summed E-state index contributed by atoms with van der Waals surface area (Å²) < 4.78 is 33.8. The summed E-state index contributed by atoms with van der Waals surface area (Å²) in [5, 5.41) is 9.54. The van der Waals surface area contributed by atoms with Gasteiger partial charge in [0.15, 0.2) is 5.54 Å². The first kappa shape index (κ1) is 19.1. The molecule has 5 nitrogen and oxygen atoms in total. The number of alkyl halides is 2. The SMILES string of the molecule is CC(C)(C)OC(=O)C1(Cc2ccccc2)CC(F)(F)CCN1C(=O)O. The molecule has 1 fully saturated rings. The van der Waals surface area contributed by atoms with Crippen molar-refractivity contribution in [3.05, 3.63) is 35.9 Å². The zero-order chi connectivity index (χ0) is 18.9. The number of benzene rings is 1. The first-order valence-electron chi connectivity index (χ1n) is 8.11. The van der Waals surface area contributed by atoms with Gasteiger partial charge in [-0.25, -0.2) is 18.4 Å². The van der Waals surface area contributed by atoms with Gasteiger partial charge in [-0.1, -0.05) is 30.3 Å². The number of ether oxygens (including phenoxy) is 1. The van der Waals surface area contributed by atoms with E-state index >= 15 is 0 Å². The molecule has 1 heterocycles. The number of halogens is 2. The molecule has 1 amide bonds. The van der Waals surface area contributed by atoms with Crippen LogP contribution in [0.1, 0.15) is 39.2 Å². The number of nitrogens with zero attached hydrogens (tertiary/aromatic N) is 1. The van der Waals surface area contributed by atoms with Crippen molar-refractivity contribution in [2.24, 2.45) is 0 Å². The van der Waals surface area contributed by atoms with Crippen molar-refractivity contribution in [2.45, 2.75) is 57.1 Å². The highest BCUT2D eigenvalue weighted by molar-refractivity contribution is 5.86. The van der Waals surface area contributed by atoms with E-state index in [0.29, 0.717) is 5.56 Å². The van der Waals surface area contributed by atoms with Crippen LogP contribution in [-0.2, 0) is 16.0 Å². The minimum atomic E-state index is -3.14. The average molecular weight is 355 g/mol. The molecule has 1 aromatic carbocycles. The molecule has 0 aliphatic carbocycles. The molecule has 1 aliphatic rings. The van der Waals surface area contributed by atoms with E-state index < -0.39 is 48.5 Å². The second-order valence-electron chi connectivity index (χ2n) is 7.41. The molecule has 138 valence electrons. The molecule has 1 saturated heterocycles. The van der Waals surface area contributed by atoms with Crippen molar-refractivity contribution < 1.29 is 28.2 Å². The monoisotopic (exact) mass is 355 g/mol. The molecule has 2 rings (SSSR count). The van der Waals surface area contributed by atoms with Crippen molar-refractivity contribution in [1.82, 2.24) is 4.90 Å². The number of rotatable bonds is 3. The van der Waals surface area contributed by atoms with Gasteiger partial charge in [-0.3, -0.25) is 4.90 Å². The number of likely N-dealkylation sites (tertiary alicyclic amines) is 1. The fraction of sp³-hybridized carbons (Fsp3) is 0.556. The molecule has 0 spiro atoms. The van der Waals surface area contributed by atoms with Crippen LogP contribution in [0.4, 0.5) is 13.6 Å². The quantitative estimate of drug-likeness (QED) is 0.839. The first-order chi connectivity index (χ1) is 11.5. The largest absolute Gasteiger partial charge is 0.465 e. The van der Waals surface area contributed by atoms with Gasteiger partial charge in [-0.05, 0) is 26.3 Å². The Balaban J connectivity index is 2.51. The molecule has 0 saturated carbocycles. The lowest BCUT2D eigenvalue weighted by atomic mass is 9.79. The van der Waals surface area contributed by atoms with Crippen LogP contribution in [0.25, 0.3) is 0 Å². The molecule has 1 atom stereocenters. The number of carbonyl (C=O) groups is 2. The van der Waals surface area contributed by atoms with Crippen LogP contribution in [0.5, 0.6) is 0 Å². The Morgan fingerprint density at radius 1 is 1.24 bits per heavy atom. The number of esters is 1. The predicted octanol–water partition coefficient (Wildman–Crippen LogP) is 3.72. The molecule has 25 heavy (non-hydrogen) atoms. The average Bonchev–Trinajstić information content (AvgIpc) is 2.45. The van der Waals surface area contributed by atoms with E-state index in [0.717, 1.165) is 4.90 Å². The lowest BCUT2D eigenvalue weighted by Crippen LogP contribution is -2.65. The number of carboxylic acid groups (broad SMARTS) is 1. The van der Waals surface area contributed by atoms with E-state index in [2.05, 4.69) is 0 Å². The van der Waals surface area contributed by atoms with E-state index in [4.69, 9.17) is 4.74 Å². The number of carbonyl (C=O) groups excluding carboxylic acids is 1. The third-order valence-corrected chi connectivity index (χ3v) is 4.12. The minimum Gasteiger partial charge on any atom is -0.465 e. The summed E-state index contributed by atoms with van der Waals surface area (Å²) in [6.07, 6.45) is -3.07. The van der Waals surface area contributed by atoms with Gasteiger partial charge in [0.05, 0.1) is 0 Å². The number of piperidine rings is 1. The minimum absolute atomic E-state index is 0.162. The van der Waals surface area contributed by atoms with E-state index in [-0.39, 0.29) is 6.42 Å². The van der Waals surface area contributed by atoms with Gasteiger partial charge in [0.1, 0.15) is 5.60 Å². The van der Waals surface area contributed by atoms with Crippen LogP contribution in [-0.4, -0.2) is 45.7 Å². The topological polar surface area (TPSA) is 66.8 Å². The zero-order valence-electron chi connectivity index (χ0n) is 14.6. The van der Waals surface area contributed by atoms with Crippen molar-refractivity contribution in [3.8, 4) is 0 Å². The summed E-state index contributed by atoms with van der Waals surface area (Å²) in [4.78, 5) is 25.4. The highest BCUT2D eigenvalue weighted by atomic mass is 19.3. The number of hydrogen-bond acceptors (Lipinski definition) is 3. The Morgan fingerprint density at radius 3 is 2.36 bits per heavy atom. The molecule has 0 radical (unpaired) electrons. The van der Waals surface area contributed by atoms with Crippen molar-refractivity contribution in [2.75, 3.05) is 6.54 Å². The maximum absolute atomic E-state index is 14.2. The van der Waals surface area contributed by atoms with Crippen molar-refractivity contribution >= 4 is 12.1 Å². The van der Waals surface area contributed by atoms with Crippen LogP contribution in [0, 0.1) is 0 Å². The third kappa shape index (κ3) is 4.46. The Hall–Kier alpha value is -2.18. The van der Waals surface area contributed by atoms with E-state index in [1.165, 1.54) is 0 Å². The highest BCUT2D eigenvalue weighted by Crippen LogP contribution is 2.42. The summed E-state index contributed by atoms with van der Waals surface area (Å²) in [7, 11) is 0. The van der Waals surface area contributed by atoms with Crippen LogP contribution in [0.2, 0.25) is 0 Å². The van der Waals surface area contributed by atoms with Gasteiger partial charge in [0, 0.05) is 25.8 Å². The van der Waals surface area contributed by atoms with Gasteiger partial charge in [-0.2, -0.15) is 0 Å². The normalized spacial score (nSPS) is 23.2. The van der Waals surface area contributed by atoms with Gasteiger partial charge in [0.2, 0.25) is 0 Å². The van der Waals surface area contributed by atoms with Crippen LogP contribution in [0.15, 0.2) is 30.3 Å². The molecule has 1 unspecified atom stereocenters. The van der Waals surface area contributed by atoms with Crippen LogP contribution in [0.3, 0.4) is 0 Å². The maximum atomic E-state index is 14.2. The Kier molecular flexibility index (Phi) is 5.06. The van der Waals surface area contributed by atoms with Gasteiger partial charge < -0.3 is 9.84 Å². The maximum Gasteiger partial charge on any atom is 0.408 e. The molecule has 1 aromatic rings. The number of amides is 1. The van der Waals surface area contributed by atoms with Crippen LogP contribution < -0.4 is 0 Å². The molecule has 1 N–H and O–H groups in total. The highest BCUT2D eigenvalue weighted by Gasteiger charge is 2.58. The smallest absolute Gasteiger partial charge is 0.408 e. The second kappa shape index (κ2) is 6.61. The Morgan fingerprint density at radius 2 is 1.84 bits per heavy atom. The van der Waals surface area contributed by atoms with Crippen molar-refractivity contribution in [1.29, 1.82) is 0 Å². The molecular weight excluding hydrogens is 332 g/mol. The standard InChI is InChI=1S/C18H23F2NO4/c1-16(2,3)25-14(22)17(11-13-7-5-4-6-8-13)12-18(19,20)9-10-21(17)15(23)24/h4-8H,9-12H2,1-3H3,(H,23,24). The zero-order valence-corrected chi connectivity index (χ0v) is 14.6. The molecule has 0 bridgehead atoms. The lowest BCUT2D eigenvalue weighted by Gasteiger charge is -2.47. The second-order valence-corrected chi connectivity index (χ2v) is 7.41. The third-order valence-electron chi connectivity index (χ3n) is 4.12. The van der Waals surface area contributed by atoms with Gasteiger partial charge in [0.25, 0.3) is 5.92 Å². The van der Waals surface area contributed by atoms with E-state index in [1.54, 1.807) is 51.1 Å². The summed E-state index contributed by atoms with van der Waals surface area (Å²) in [6.45, 7) is 4.43. The van der Waals surface area contributed by atoms with Crippen molar-refractivity contribution in [3.63, 3.8) is 0 Å². The summed E-state index contributed by atoms with van der Waals surface area (Å²) >= 11 is 0. The summed E-state index contributed by atoms with van der Waals surface area (Å²) in [6, 6.07) is 8.54. The fourth-order valence-corrected chi connectivity index (χ4v) is 3.10. The molecule has 0 aromatic heterocycles. The molecule has 1 aliphatic heterocycles. The molecule has 7 heteroatoms. The summed E-state index contributed by atoms with van der Waals surface area (Å²) in [5.74, 6) is -4.08. The Labute approximate surface area is 145 Å². The van der Waals surface area contributed by atoms with E-state index in [9.17, 15) is 23.5 Å². The van der Waals surface area contributed by atoms with Gasteiger partial charge in [-0.15, -0.1) is 0 Å². The van der Waals surface area contributed by atoms with Crippen LogP contribution >= 0.6 is 0 Å². The Bertz CT molecular complexity index is 642. The number of hydrogen-bond donors (Lipinski definition) is 1. The predicted molar refractivity (Wildman–Crippen MR) is 87.6 cm³/mol.